The molecule has 2 aromatic rings. The Kier molecular flexibility index (Phi) is 9.11. The maximum atomic E-state index is 11.8. The van der Waals surface area contributed by atoms with Crippen molar-refractivity contribution < 1.29 is 42.8 Å². The van der Waals surface area contributed by atoms with Crippen LogP contribution in [0.1, 0.15) is 20.8 Å². The van der Waals surface area contributed by atoms with Gasteiger partial charge in [-0.3, -0.25) is 14.4 Å². The highest BCUT2D eigenvalue weighted by Crippen LogP contribution is 2.32. The van der Waals surface area contributed by atoms with Crippen molar-refractivity contribution in [2.24, 2.45) is 0 Å². The van der Waals surface area contributed by atoms with Crippen LogP contribution in [0.2, 0.25) is 0 Å². The van der Waals surface area contributed by atoms with Crippen LogP contribution in [0.25, 0.3) is 0 Å². The van der Waals surface area contributed by atoms with Crippen molar-refractivity contribution in [3.8, 4) is 17.2 Å². The van der Waals surface area contributed by atoms with E-state index in [2.05, 4.69) is 22.6 Å². The Labute approximate surface area is 210 Å². The first kappa shape index (κ1) is 25.8. The lowest BCUT2D eigenvalue weighted by Crippen LogP contribution is -2.63. The van der Waals surface area contributed by atoms with Crippen LogP contribution < -0.4 is 9.47 Å². The molecule has 0 aromatic heterocycles. The summed E-state index contributed by atoms with van der Waals surface area (Å²) < 4.78 is 34.4. The van der Waals surface area contributed by atoms with Gasteiger partial charge in [-0.2, -0.15) is 0 Å². The van der Waals surface area contributed by atoms with Gasteiger partial charge in [0, 0.05) is 25.2 Å². The van der Waals surface area contributed by atoms with Crippen LogP contribution in [0.4, 0.5) is 0 Å². The van der Waals surface area contributed by atoms with Crippen molar-refractivity contribution in [3.63, 3.8) is 0 Å². The maximum Gasteiger partial charge on any atom is 0.303 e. The summed E-state index contributed by atoms with van der Waals surface area (Å²) in [4.78, 5) is 35.4. The van der Waals surface area contributed by atoms with Gasteiger partial charge in [0.1, 0.15) is 23.4 Å². The molecule has 0 unspecified atom stereocenters. The summed E-state index contributed by atoms with van der Waals surface area (Å²) in [7, 11) is 0. The number of esters is 3. The zero-order chi connectivity index (χ0) is 24.7. The fourth-order valence-electron chi connectivity index (χ4n) is 3.42. The fraction of sp³-hybridized carbons (Fsp3) is 0.375. The Morgan fingerprint density at radius 1 is 0.735 bits per heavy atom. The number of para-hydroxylation sites is 1. The first-order valence-electron chi connectivity index (χ1n) is 10.5. The van der Waals surface area contributed by atoms with Crippen LogP contribution in [0.3, 0.4) is 0 Å². The Hall–Kier alpha value is -2.86. The average Bonchev–Trinajstić information content (AvgIpc) is 2.78. The highest BCUT2D eigenvalue weighted by Gasteiger charge is 2.52. The largest absolute Gasteiger partial charge is 0.461 e. The summed E-state index contributed by atoms with van der Waals surface area (Å²) >= 11 is 2.06. The van der Waals surface area contributed by atoms with Gasteiger partial charge in [-0.05, 0) is 36.4 Å². The molecule has 1 aliphatic heterocycles. The molecule has 0 aliphatic carbocycles. The molecule has 5 atom stereocenters. The van der Waals surface area contributed by atoms with Gasteiger partial charge < -0.3 is 28.4 Å². The molecule has 182 valence electrons. The van der Waals surface area contributed by atoms with Crippen molar-refractivity contribution in [2.45, 2.75) is 51.5 Å². The summed E-state index contributed by atoms with van der Waals surface area (Å²) in [5, 5.41) is 0. The van der Waals surface area contributed by atoms with Crippen molar-refractivity contribution in [3.05, 3.63) is 54.6 Å². The molecule has 10 heteroatoms. The number of benzene rings is 2. The van der Waals surface area contributed by atoms with E-state index < -0.39 is 48.6 Å². The van der Waals surface area contributed by atoms with E-state index in [0.29, 0.717) is 21.7 Å². The van der Waals surface area contributed by atoms with Crippen LogP contribution in [0.15, 0.2) is 54.6 Å². The minimum absolute atomic E-state index is 0.393. The molecule has 2 aromatic carbocycles. The second-order valence-corrected chi connectivity index (χ2v) is 8.30. The normalized spacial score (nSPS) is 23.9. The Balaban J connectivity index is 1.83. The molecule has 1 saturated heterocycles. The third kappa shape index (κ3) is 7.07. The topological polar surface area (TPSA) is 107 Å². The Morgan fingerprint density at radius 3 is 1.79 bits per heavy atom. The number of halogens is 1. The van der Waals surface area contributed by atoms with E-state index in [-0.39, 0.29) is 0 Å². The third-order valence-corrected chi connectivity index (χ3v) is 5.57. The quantitative estimate of drug-likeness (QED) is 0.198. The lowest BCUT2D eigenvalue weighted by molar-refractivity contribution is -0.279. The van der Waals surface area contributed by atoms with Gasteiger partial charge in [-0.25, -0.2) is 0 Å². The summed E-state index contributed by atoms with van der Waals surface area (Å²) in [6, 6.07) is 16.1. The first-order chi connectivity index (χ1) is 16.3. The monoisotopic (exact) mass is 584 g/mol. The minimum Gasteiger partial charge on any atom is -0.461 e. The van der Waals surface area contributed by atoms with Crippen molar-refractivity contribution >= 4 is 40.5 Å². The average molecular weight is 584 g/mol. The van der Waals surface area contributed by atoms with E-state index in [1.807, 2.05) is 30.3 Å². The number of carbonyl (C=O) groups is 3. The number of ether oxygens (including phenoxy) is 6. The molecule has 0 bridgehead atoms. The predicted octanol–water partition coefficient (Wildman–Crippen LogP) is 3.81. The zero-order valence-corrected chi connectivity index (χ0v) is 21.0. The molecule has 1 aliphatic rings. The molecular formula is C24H25IO9. The van der Waals surface area contributed by atoms with E-state index in [9.17, 15) is 14.4 Å². The number of hydrogen-bond donors (Lipinski definition) is 0. The number of carbonyl (C=O) groups excluding carboxylic acids is 3. The van der Waals surface area contributed by atoms with Crippen LogP contribution in [0, 0.1) is 0 Å². The van der Waals surface area contributed by atoms with E-state index >= 15 is 0 Å². The van der Waals surface area contributed by atoms with Crippen molar-refractivity contribution in [2.75, 3.05) is 4.43 Å². The standard InChI is InChI=1S/C24H25IO9/c1-14(26)29-21-20(13-25)34-24(23(31-16(3)28)22(21)30-15(2)27)33-19-11-9-18(10-12-19)32-17-7-5-4-6-8-17/h4-12,20-24H,13H2,1-3H3/t20-,21-,22+,23-,24+/m1/s1. The zero-order valence-electron chi connectivity index (χ0n) is 18.8. The van der Waals surface area contributed by atoms with Crippen LogP contribution in [0.5, 0.6) is 17.2 Å². The fourth-order valence-corrected chi connectivity index (χ4v) is 4.13. The van der Waals surface area contributed by atoms with E-state index in [1.54, 1.807) is 24.3 Å². The van der Waals surface area contributed by atoms with Gasteiger partial charge in [0.2, 0.25) is 12.4 Å². The summed E-state index contributed by atoms with van der Waals surface area (Å²) in [5.74, 6) is -0.169. The highest BCUT2D eigenvalue weighted by molar-refractivity contribution is 14.1. The molecule has 0 amide bonds. The van der Waals surface area contributed by atoms with E-state index in [1.165, 1.54) is 20.8 Å². The van der Waals surface area contributed by atoms with Crippen LogP contribution in [-0.4, -0.2) is 53.0 Å². The van der Waals surface area contributed by atoms with Gasteiger partial charge in [0.25, 0.3) is 0 Å². The number of rotatable bonds is 8. The predicted molar refractivity (Wildman–Crippen MR) is 128 cm³/mol. The van der Waals surface area contributed by atoms with Crippen molar-refractivity contribution in [1.29, 1.82) is 0 Å². The van der Waals surface area contributed by atoms with Gasteiger partial charge in [-0.1, -0.05) is 40.8 Å². The molecule has 0 radical (unpaired) electrons. The molecule has 0 saturated carbocycles. The third-order valence-electron chi connectivity index (χ3n) is 4.70. The Bertz CT molecular complexity index is 980. The van der Waals surface area contributed by atoms with Crippen molar-refractivity contribution in [1.82, 2.24) is 0 Å². The van der Waals surface area contributed by atoms with E-state index in [0.717, 1.165) is 0 Å². The summed E-state index contributed by atoms with van der Waals surface area (Å²) in [6.45, 7) is 3.66. The molecule has 0 spiro atoms. The minimum atomic E-state index is -1.18. The van der Waals surface area contributed by atoms with Gasteiger partial charge >= 0.3 is 17.9 Å². The SMILES string of the molecule is CC(=O)O[C@@H]1[C@@H](OC(C)=O)[C@@H](Oc2ccc(Oc3ccccc3)cc2)O[C@H](CI)[C@H]1OC(C)=O. The highest BCUT2D eigenvalue weighted by atomic mass is 127. The van der Waals surface area contributed by atoms with Gasteiger partial charge in [-0.15, -0.1) is 0 Å². The van der Waals surface area contributed by atoms with Gasteiger partial charge in [0.05, 0.1) is 0 Å². The second-order valence-electron chi connectivity index (χ2n) is 7.42. The number of hydrogen-bond acceptors (Lipinski definition) is 9. The molecule has 1 heterocycles. The van der Waals surface area contributed by atoms with Crippen LogP contribution in [-0.2, 0) is 33.3 Å². The smallest absolute Gasteiger partial charge is 0.303 e. The lowest BCUT2D eigenvalue weighted by atomic mass is 9.99. The molecule has 0 N–H and O–H groups in total. The molecule has 1 fully saturated rings. The lowest BCUT2D eigenvalue weighted by Gasteiger charge is -2.43. The second kappa shape index (κ2) is 12.0. The van der Waals surface area contributed by atoms with Crippen LogP contribution >= 0.6 is 22.6 Å². The summed E-state index contributed by atoms with van der Waals surface area (Å²) in [6.07, 6.45) is -5.08. The molecule has 9 nitrogen and oxygen atoms in total. The number of alkyl halides is 1. The maximum absolute atomic E-state index is 11.8. The Morgan fingerprint density at radius 2 is 1.24 bits per heavy atom. The van der Waals surface area contributed by atoms with E-state index in [4.69, 9.17) is 28.4 Å². The van der Waals surface area contributed by atoms with Gasteiger partial charge in [0.15, 0.2) is 12.2 Å². The first-order valence-corrected chi connectivity index (χ1v) is 12.0. The molecule has 34 heavy (non-hydrogen) atoms. The molecular weight excluding hydrogens is 559 g/mol. The molecule has 3 rings (SSSR count). The summed E-state index contributed by atoms with van der Waals surface area (Å²) in [5.41, 5.74) is 0.